The summed E-state index contributed by atoms with van der Waals surface area (Å²) in [4.78, 5) is 8.22. The van der Waals surface area contributed by atoms with E-state index < -0.39 is 11.6 Å². The minimum Gasteiger partial charge on any atom is -0.509 e. The van der Waals surface area contributed by atoms with Gasteiger partial charge in [0.25, 0.3) is 0 Å². The fraction of sp³-hybridized carbons (Fsp3) is 0.0769. The van der Waals surface area contributed by atoms with Gasteiger partial charge in [-0.1, -0.05) is 99.1 Å². The summed E-state index contributed by atoms with van der Waals surface area (Å²) in [7, 11) is 0. The molecule has 0 unspecified atom stereocenters. The molecule has 0 saturated heterocycles. The monoisotopic (exact) mass is 996 g/mol. The van der Waals surface area contributed by atoms with Crippen molar-refractivity contribution in [1.29, 1.82) is 0 Å². The zero-order valence-corrected chi connectivity index (χ0v) is 36.3. The Balaban J connectivity index is 0.00000445. The van der Waals surface area contributed by atoms with Crippen molar-refractivity contribution >= 4 is 76.1 Å². The predicted molar refractivity (Wildman–Crippen MR) is 241 cm³/mol. The Hall–Kier alpha value is -6.34. The maximum atomic E-state index is 15.6. The number of rotatable bonds is 6. The van der Waals surface area contributed by atoms with Gasteiger partial charge in [0.1, 0.15) is 17.5 Å². The predicted octanol–water partition coefficient (Wildman–Crippen LogP) is 14.6. The molecule has 0 radical (unpaired) electrons. The second kappa shape index (κ2) is 15.0. The van der Waals surface area contributed by atoms with E-state index in [0.717, 1.165) is 54.7 Å². The molecule has 0 aliphatic carbocycles. The van der Waals surface area contributed by atoms with Gasteiger partial charge < -0.3 is 19.1 Å². The first kappa shape index (κ1) is 38.8. The van der Waals surface area contributed by atoms with E-state index in [-0.39, 0.29) is 32.2 Å². The first-order chi connectivity index (χ1) is 29.2. The van der Waals surface area contributed by atoms with E-state index in [1.165, 1.54) is 33.7 Å². The van der Waals surface area contributed by atoms with Crippen LogP contribution in [-0.4, -0.2) is 9.55 Å². The van der Waals surface area contributed by atoms with Crippen LogP contribution < -0.4 is 14.5 Å². The number of benzene rings is 7. The van der Waals surface area contributed by atoms with Crippen molar-refractivity contribution in [1.82, 2.24) is 9.55 Å². The molecular formula is C52H35F2N4OPtS-3. The summed E-state index contributed by atoms with van der Waals surface area (Å²) in [6.07, 6.45) is 1.79. The molecule has 1 aliphatic heterocycles. The molecule has 0 N–H and O–H groups in total. The number of hydrogen-bond donors (Lipinski definition) is 0. The van der Waals surface area contributed by atoms with Gasteiger partial charge in [-0.3, -0.25) is 0 Å². The Kier molecular flexibility index (Phi) is 9.54. The first-order valence-electron chi connectivity index (χ1n) is 19.7. The summed E-state index contributed by atoms with van der Waals surface area (Å²) >= 11 is 1.75. The number of hydrogen-bond acceptors (Lipinski definition) is 5. The van der Waals surface area contributed by atoms with Crippen LogP contribution in [0, 0.1) is 30.4 Å². The Bertz CT molecular complexity index is 3300. The molecule has 302 valence electrons. The van der Waals surface area contributed by atoms with Crippen molar-refractivity contribution in [3.63, 3.8) is 0 Å². The number of fused-ring (bicyclic) bond motifs is 7. The average Bonchev–Trinajstić information content (AvgIpc) is 3.93. The van der Waals surface area contributed by atoms with E-state index in [1.807, 2.05) is 59.5 Å². The van der Waals surface area contributed by atoms with Gasteiger partial charge in [0, 0.05) is 75.8 Å². The number of nitrogens with zero attached hydrogens (tertiary/aromatic N) is 4. The van der Waals surface area contributed by atoms with Crippen molar-refractivity contribution in [2.45, 2.75) is 26.2 Å². The zero-order valence-electron chi connectivity index (χ0n) is 33.2. The average molecular weight is 997 g/mol. The summed E-state index contributed by atoms with van der Waals surface area (Å²) in [6.45, 7) is 8.11. The number of aromatic nitrogens is 2. The number of anilines is 4. The van der Waals surface area contributed by atoms with Crippen molar-refractivity contribution in [2.75, 3.05) is 9.80 Å². The van der Waals surface area contributed by atoms with Crippen molar-refractivity contribution in [3.8, 4) is 28.4 Å². The maximum absolute atomic E-state index is 15.6. The molecule has 0 amide bonds. The van der Waals surface area contributed by atoms with Gasteiger partial charge in [0.15, 0.2) is 0 Å². The standard InChI is InChI=1S/C52H35F2N4OS.Pt/c1-52(2,3)33-21-24-45-47(28-33)57(50-42(53)16-11-17-43(50)54)31-56(45)34-26-32(37-14-10-15-41-40-13-5-7-19-48(40)60-51(37)41)27-36(29-34)59-35-22-23-39-38-12-4-6-18-44(38)58(46(39)30-35)49-20-8-9-25-55-49;/h4-28,31H,1-3H3;/q-3;. The third kappa shape index (κ3) is 6.57. The molecular weight excluding hydrogens is 962 g/mol. The number of pyridine rings is 1. The van der Waals surface area contributed by atoms with Gasteiger partial charge in [-0.15, -0.1) is 65.0 Å². The topological polar surface area (TPSA) is 33.5 Å². The molecule has 4 heterocycles. The molecule has 0 fully saturated rings. The number of halogens is 2. The van der Waals surface area contributed by atoms with Crippen LogP contribution in [0.4, 0.5) is 31.5 Å². The quantitative estimate of drug-likeness (QED) is 0.155. The van der Waals surface area contributed by atoms with E-state index in [9.17, 15) is 0 Å². The van der Waals surface area contributed by atoms with Crippen LogP contribution in [-0.2, 0) is 26.5 Å². The molecule has 5 nitrogen and oxygen atoms in total. The molecule has 0 saturated carbocycles. The summed E-state index contributed by atoms with van der Waals surface area (Å²) in [5.41, 5.74) is 6.48. The second-order valence-electron chi connectivity index (χ2n) is 16.0. The maximum Gasteiger partial charge on any atom is 0.147 e. The molecule has 0 bridgehead atoms. The molecule has 7 aromatic carbocycles. The largest absolute Gasteiger partial charge is 0.509 e. The normalized spacial score (nSPS) is 12.7. The van der Waals surface area contributed by atoms with E-state index in [0.29, 0.717) is 22.9 Å². The second-order valence-corrected chi connectivity index (χ2v) is 17.1. The van der Waals surface area contributed by atoms with Crippen molar-refractivity contribution < 1.29 is 34.6 Å². The Morgan fingerprint density at radius 3 is 2.21 bits per heavy atom. The van der Waals surface area contributed by atoms with Crippen LogP contribution in [0.3, 0.4) is 0 Å². The third-order valence-electron chi connectivity index (χ3n) is 11.2. The van der Waals surface area contributed by atoms with E-state index in [1.54, 1.807) is 29.1 Å². The molecule has 9 heteroatoms. The third-order valence-corrected chi connectivity index (χ3v) is 12.4. The Morgan fingerprint density at radius 1 is 0.656 bits per heavy atom. The van der Waals surface area contributed by atoms with Crippen LogP contribution in [0.5, 0.6) is 11.5 Å². The van der Waals surface area contributed by atoms with Gasteiger partial charge in [-0.2, -0.15) is 6.07 Å². The van der Waals surface area contributed by atoms with Crippen molar-refractivity contribution in [2.24, 2.45) is 0 Å². The van der Waals surface area contributed by atoms with Gasteiger partial charge >= 0.3 is 0 Å². The number of thiophene rings is 1. The summed E-state index contributed by atoms with van der Waals surface area (Å²) in [5.74, 6) is 0.407. The SMILES string of the molecule is CC(C)(C)c1ccc2c(c1)N(c1c(F)cccc1F)[CH-]N2c1[c-]c(Oc2[c-]c3c(cc2)c2ccccc2n3-c2ccccn2)cc(-c2cccc3c2sc2ccccc23)c1.[Pt]. The van der Waals surface area contributed by atoms with Gasteiger partial charge in [-0.05, 0) is 70.5 Å². The van der Waals surface area contributed by atoms with Crippen LogP contribution in [0.1, 0.15) is 26.3 Å². The molecule has 11 rings (SSSR count). The summed E-state index contributed by atoms with van der Waals surface area (Å²) in [5, 5.41) is 4.47. The van der Waals surface area contributed by atoms with Crippen LogP contribution in [0.15, 0.2) is 152 Å². The van der Waals surface area contributed by atoms with E-state index in [4.69, 9.17) is 4.74 Å². The van der Waals surface area contributed by atoms with E-state index >= 15 is 8.78 Å². The van der Waals surface area contributed by atoms with E-state index in [2.05, 4.69) is 115 Å². The summed E-state index contributed by atoms with van der Waals surface area (Å²) < 4.78 is 42.5. The number of para-hydroxylation sites is 2. The van der Waals surface area contributed by atoms with Crippen LogP contribution in [0.25, 0.3) is 58.9 Å². The molecule has 3 aromatic heterocycles. The molecule has 0 atom stereocenters. The minimum atomic E-state index is -0.660. The van der Waals surface area contributed by atoms with Crippen LogP contribution >= 0.6 is 11.3 Å². The Labute approximate surface area is 370 Å². The molecule has 61 heavy (non-hydrogen) atoms. The molecule has 1 aliphatic rings. The first-order valence-corrected chi connectivity index (χ1v) is 20.6. The fourth-order valence-corrected chi connectivity index (χ4v) is 9.57. The summed E-state index contributed by atoms with van der Waals surface area (Å²) in [6, 6.07) is 54.2. The Morgan fingerprint density at radius 2 is 1.41 bits per heavy atom. The van der Waals surface area contributed by atoms with Crippen LogP contribution in [0.2, 0.25) is 0 Å². The fourth-order valence-electron chi connectivity index (χ4n) is 8.34. The minimum absolute atomic E-state index is 0. The number of ether oxygens (including phenoxy) is 1. The van der Waals surface area contributed by atoms with Crippen molar-refractivity contribution in [3.05, 3.63) is 188 Å². The van der Waals surface area contributed by atoms with Gasteiger partial charge in [0.2, 0.25) is 0 Å². The smallest absolute Gasteiger partial charge is 0.147 e. The molecule has 0 spiro atoms. The molecule has 10 aromatic rings. The van der Waals surface area contributed by atoms with Gasteiger partial charge in [-0.25, -0.2) is 13.8 Å². The van der Waals surface area contributed by atoms with Gasteiger partial charge in [0.05, 0.1) is 5.69 Å². The zero-order chi connectivity index (χ0) is 40.7.